The molecule has 1 aliphatic rings. The van der Waals surface area contributed by atoms with Crippen LogP contribution in [0.1, 0.15) is 24.0 Å². The number of ether oxygens (including phenoxy) is 3. The third kappa shape index (κ3) is 5.78. The first-order chi connectivity index (χ1) is 12.3. The number of halogens is 2. The van der Waals surface area contributed by atoms with E-state index in [0.29, 0.717) is 30.0 Å². The summed E-state index contributed by atoms with van der Waals surface area (Å²) in [5, 5.41) is 4.08. The number of rotatable bonds is 8. The van der Waals surface area contributed by atoms with Crippen LogP contribution >= 0.6 is 24.0 Å². The zero-order valence-corrected chi connectivity index (χ0v) is 16.4. The van der Waals surface area contributed by atoms with Crippen molar-refractivity contribution in [3.63, 3.8) is 0 Å². The molecule has 4 nitrogen and oxygen atoms in total. The van der Waals surface area contributed by atoms with Crippen molar-refractivity contribution >= 4 is 24.0 Å². The average molecular weight is 398 g/mol. The Hall–Kier alpha value is -1.46. The van der Waals surface area contributed by atoms with Gasteiger partial charge in [0, 0.05) is 36.3 Å². The molecule has 1 aliphatic heterocycles. The van der Waals surface area contributed by atoms with E-state index in [0.717, 1.165) is 42.9 Å². The Morgan fingerprint density at radius 2 is 2.04 bits per heavy atom. The first-order valence-electron chi connectivity index (χ1n) is 8.61. The molecule has 0 saturated carbocycles. The van der Waals surface area contributed by atoms with Crippen LogP contribution in [0.4, 0.5) is 0 Å². The molecule has 0 aliphatic carbocycles. The van der Waals surface area contributed by atoms with Gasteiger partial charge in [0.1, 0.15) is 6.61 Å². The number of hydrogen-bond acceptors (Lipinski definition) is 4. The molecule has 0 aromatic heterocycles. The van der Waals surface area contributed by atoms with E-state index < -0.39 is 0 Å². The van der Waals surface area contributed by atoms with Gasteiger partial charge >= 0.3 is 0 Å². The van der Waals surface area contributed by atoms with E-state index in [9.17, 15) is 0 Å². The van der Waals surface area contributed by atoms with E-state index >= 15 is 0 Å². The SMILES string of the molecule is COc1cc(Cl)cc(CNCC2CCCO2)c1OCc1ccccc1.Cl. The molecule has 0 spiro atoms. The zero-order chi connectivity index (χ0) is 17.5. The van der Waals surface area contributed by atoms with Crippen LogP contribution in [0.25, 0.3) is 0 Å². The third-order valence-electron chi connectivity index (χ3n) is 4.25. The molecule has 2 aromatic carbocycles. The molecule has 1 saturated heterocycles. The summed E-state index contributed by atoms with van der Waals surface area (Å²) in [6.45, 7) is 2.83. The smallest absolute Gasteiger partial charge is 0.166 e. The van der Waals surface area contributed by atoms with E-state index in [1.807, 2.05) is 36.4 Å². The predicted molar refractivity (Wildman–Crippen MR) is 107 cm³/mol. The van der Waals surface area contributed by atoms with Crippen molar-refractivity contribution in [3.8, 4) is 11.5 Å². The Labute approximate surface area is 166 Å². The Bertz CT molecular complexity index is 676. The van der Waals surface area contributed by atoms with Gasteiger partial charge in [0.2, 0.25) is 0 Å². The lowest BCUT2D eigenvalue weighted by Gasteiger charge is -2.17. The maximum atomic E-state index is 6.24. The maximum Gasteiger partial charge on any atom is 0.166 e. The van der Waals surface area contributed by atoms with Crippen molar-refractivity contribution in [1.29, 1.82) is 0 Å². The Morgan fingerprint density at radius 1 is 1.23 bits per heavy atom. The molecular weight excluding hydrogens is 373 g/mol. The van der Waals surface area contributed by atoms with Crippen LogP contribution in [0.2, 0.25) is 5.02 Å². The minimum Gasteiger partial charge on any atom is -0.493 e. The lowest BCUT2D eigenvalue weighted by atomic mass is 10.1. The zero-order valence-electron chi connectivity index (χ0n) is 14.9. The molecule has 26 heavy (non-hydrogen) atoms. The van der Waals surface area contributed by atoms with E-state index in [2.05, 4.69) is 5.32 Å². The van der Waals surface area contributed by atoms with Crippen LogP contribution in [0.3, 0.4) is 0 Å². The summed E-state index contributed by atoms with van der Waals surface area (Å²) < 4.78 is 17.2. The molecule has 0 radical (unpaired) electrons. The first kappa shape index (κ1) is 20.8. The summed E-state index contributed by atoms with van der Waals surface area (Å²) in [6.07, 6.45) is 2.56. The lowest BCUT2D eigenvalue weighted by Crippen LogP contribution is -2.26. The summed E-state index contributed by atoms with van der Waals surface area (Å²) >= 11 is 6.24. The monoisotopic (exact) mass is 397 g/mol. The fourth-order valence-electron chi connectivity index (χ4n) is 2.97. The Balaban J connectivity index is 0.00000243. The molecule has 1 heterocycles. The predicted octanol–water partition coefficient (Wildman–Crippen LogP) is 4.62. The van der Waals surface area contributed by atoms with Gasteiger partial charge in [-0.15, -0.1) is 12.4 Å². The van der Waals surface area contributed by atoms with Gasteiger partial charge in [-0.2, -0.15) is 0 Å². The molecule has 1 fully saturated rings. The first-order valence-corrected chi connectivity index (χ1v) is 8.99. The van der Waals surface area contributed by atoms with Crippen LogP contribution in [-0.2, 0) is 17.9 Å². The van der Waals surface area contributed by atoms with Crippen LogP contribution in [0, 0.1) is 0 Å². The molecular formula is C20H25Cl2NO3. The van der Waals surface area contributed by atoms with E-state index in [1.165, 1.54) is 0 Å². The minimum absolute atomic E-state index is 0. The van der Waals surface area contributed by atoms with Crippen molar-refractivity contribution in [2.75, 3.05) is 20.3 Å². The molecule has 0 bridgehead atoms. The topological polar surface area (TPSA) is 39.7 Å². The summed E-state index contributed by atoms with van der Waals surface area (Å²) in [5.41, 5.74) is 2.09. The Morgan fingerprint density at radius 3 is 2.73 bits per heavy atom. The molecule has 3 rings (SSSR count). The quantitative estimate of drug-likeness (QED) is 0.705. The second kappa shape index (κ2) is 10.6. The summed E-state index contributed by atoms with van der Waals surface area (Å²) in [5.74, 6) is 1.38. The fraction of sp³-hybridized carbons (Fsp3) is 0.400. The summed E-state index contributed by atoms with van der Waals surface area (Å²) in [4.78, 5) is 0. The number of hydrogen-bond donors (Lipinski definition) is 1. The highest BCUT2D eigenvalue weighted by Gasteiger charge is 2.17. The van der Waals surface area contributed by atoms with Crippen molar-refractivity contribution < 1.29 is 14.2 Å². The van der Waals surface area contributed by atoms with Gasteiger partial charge in [-0.25, -0.2) is 0 Å². The summed E-state index contributed by atoms with van der Waals surface area (Å²) in [6, 6.07) is 13.8. The molecule has 142 valence electrons. The molecule has 1 atom stereocenters. The number of methoxy groups -OCH3 is 1. The normalized spacial score (nSPS) is 16.2. The van der Waals surface area contributed by atoms with Crippen LogP contribution in [0.5, 0.6) is 11.5 Å². The molecule has 2 aromatic rings. The second-order valence-electron chi connectivity index (χ2n) is 6.14. The lowest BCUT2D eigenvalue weighted by molar-refractivity contribution is 0.110. The van der Waals surface area contributed by atoms with Gasteiger partial charge in [-0.1, -0.05) is 41.9 Å². The highest BCUT2D eigenvalue weighted by molar-refractivity contribution is 6.30. The van der Waals surface area contributed by atoms with Crippen LogP contribution < -0.4 is 14.8 Å². The van der Waals surface area contributed by atoms with Crippen molar-refractivity contribution in [2.24, 2.45) is 0 Å². The highest BCUT2D eigenvalue weighted by atomic mass is 35.5. The molecule has 1 unspecified atom stereocenters. The standard InChI is InChI=1S/C20H24ClNO3.ClH/c1-23-19-11-17(21)10-16(12-22-13-18-8-5-9-24-18)20(19)25-14-15-6-3-2-4-7-15;/h2-4,6-7,10-11,18,22H,5,8-9,12-14H2,1H3;1H. The maximum absolute atomic E-state index is 6.24. The minimum atomic E-state index is 0. The van der Waals surface area contributed by atoms with E-state index in [-0.39, 0.29) is 12.4 Å². The van der Waals surface area contributed by atoms with Gasteiger partial charge in [0.15, 0.2) is 11.5 Å². The van der Waals surface area contributed by atoms with Gasteiger partial charge in [-0.3, -0.25) is 0 Å². The van der Waals surface area contributed by atoms with Crippen molar-refractivity contribution in [3.05, 3.63) is 58.6 Å². The van der Waals surface area contributed by atoms with Gasteiger partial charge in [-0.05, 0) is 24.5 Å². The van der Waals surface area contributed by atoms with Gasteiger partial charge in [0.05, 0.1) is 13.2 Å². The molecule has 0 amide bonds. The van der Waals surface area contributed by atoms with E-state index in [4.69, 9.17) is 25.8 Å². The molecule has 6 heteroatoms. The van der Waals surface area contributed by atoms with E-state index in [1.54, 1.807) is 13.2 Å². The van der Waals surface area contributed by atoms with Crippen LogP contribution in [-0.4, -0.2) is 26.4 Å². The second-order valence-corrected chi connectivity index (χ2v) is 6.57. The fourth-order valence-corrected chi connectivity index (χ4v) is 3.20. The van der Waals surface area contributed by atoms with Gasteiger partial charge < -0.3 is 19.5 Å². The highest BCUT2D eigenvalue weighted by Crippen LogP contribution is 2.35. The van der Waals surface area contributed by atoms with Crippen molar-refractivity contribution in [2.45, 2.75) is 32.1 Å². The number of benzene rings is 2. The van der Waals surface area contributed by atoms with Crippen LogP contribution in [0.15, 0.2) is 42.5 Å². The summed E-state index contributed by atoms with van der Waals surface area (Å²) in [7, 11) is 1.63. The number of nitrogens with one attached hydrogen (secondary N) is 1. The van der Waals surface area contributed by atoms with Gasteiger partial charge in [0.25, 0.3) is 0 Å². The largest absolute Gasteiger partial charge is 0.493 e. The third-order valence-corrected chi connectivity index (χ3v) is 4.47. The van der Waals surface area contributed by atoms with Crippen molar-refractivity contribution in [1.82, 2.24) is 5.32 Å². The Kier molecular flexibility index (Phi) is 8.52. The average Bonchev–Trinajstić information content (AvgIpc) is 3.14. The molecule has 1 N–H and O–H groups in total.